The SMILES string of the molecule is CC(C)Cc1cnc(N)nc1Cl. The van der Waals surface area contributed by atoms with Crippen molar-refractivity contribution >= 4 is 17.5 Å². The van der Waals surface area contributed by atoms with Crippen LogP contribution < -0.4 is 5.73 Å². The molecule has 3 nitrogen and oxygen atoms in total. The van der Waals surface area contributed by atoms with Gasteiger partial charge < -0.3 is 5.73 Å². The number of nitrogens with two attached hydrogens (primary N) is 1. The van der Waals surface area contributed by atoms with Crippen LogP contribution in [-0.2, 0) is 6.42 Å². The van der Waals surface area contributed by atoms with E-state index >= 15 is 0 Å². The molecule has 0 unspecified atom stereocenters. The molecule has 1 heterocycles. The van der Waals surface area contributed by atoms with E-state index in [0.717, 1.165) is 12.0 Å². The van der Waals surface area contributed by atoms with Gasteiger partial charge in [0.2, 0.25) is 5.95 Å². The van der Waals surface area contributed by atoms with E-state index in [1.165, 1.54) is 0 Å². The van der Waals surface area contributed by atoms with Crippen molar-refractivity contribution in [3.8, 4) is 0 Å². The highest BCUT2D eigenvalue weighted by atomic mass is 35.5. The molecule has 0 aromatic carbocycles. The fourth-order valence-electron chi connectivity index (χ4n) is 0.975. The van der Waals surface area contributed by atoms with E-state index in [-0.39, 0.29) is 5.95 Å². The van der Waals surface area contributed by atoms with Gasteiger partial charge >= 0.3 is 0 Å². The van der Waals surface area contributed by atoms with Crippen LogP contribution in [0, 0.1) is 5.92 Å². The van der Waals surface area contributed by atoms with Gasteiger partial charge in [-0.25, -0.2) is 9.97 Å². The molecule has 0 atom stereocenters. The van der Waals surface area contributed by atoms with E-state index < -0.39 is 0 Å². The third-order valence-electron chi connectivity index (χ3n) is 1.46. The van der Waals surface area contributed by atoms with Crippen LogP contribution in [0.5, 0.6) is 0 Å². The van der Waals surface area contributed by atoms with Gasteiger partial charge in [0.15, 0.2) is 0 Å². The van der Waals surface area contributed by atoms with E-state index in [0.29, 0.717) is 11.1 Å². The largest absolute Gasteiger partial charge is 0.368 e. The standard InChI is InChI=1S/C8H12ClN3/c1-5(2)3-6-4-11-8(10)12-7(6)9/h4-5H,3H2,1-2H3,(H2,10,11,12). The maximum absolute atomic E-state index is 5.84. The smallest absolute Gasteiger partial charge is 0.221 e. The number of anilines is 1. The fourth-order valence-corrected chi connectivity index (χ4v) is 1.19. The summed E-state index contributed by atoms with van der Waals surface area (Å²) in [4.78, 5) is 7.73. The molecule has 0 fully saturated rings. The van der Waals surface area contributed by atoms with Gasteiger partial charge in [-0.15, -0.1) is 0 Å². The highest BCUT2D eigenvalue weighted by Crippen LogP contribution is 2.16. The number of hydrogen-bond donors (Lipinski definition) is 1. The first-order valence-corrected chi connectivity index (χ1v) is 4.24. The Morgan fingerprint density at radius 3 is 2.75 bits per heavy atom. The Balaban J connectivity index is 2.86. The first kappa shape index (κ1) is 9.26. The molecule has 0 radical (unpaired) electrons. The molecule has 0 amide bonds. The summed E-state index contributed by atoms with van der Waals surface area (Å²) in [5.41, 5.74) is 6.31. The fraction of sp³-hybridized carbons (Fsp3) is 0.500. The molecule has 4 heteroatoms. The van der Waals surface area contributed by atoms with E-state index in [4.69, 9.17) is 17.3 Å². The van der Waals surface area contributed by atoms with Crippen LogP contribution >= 0.6 is 11.6 Å². The number of nitrogen functional groups attached to an aromatic ring is 1. The maximum atomic E-state index is 5.84. The van der Waals surface area contributed by atoms with Gasteiger partial charge in [-0.05, 0) is 12.3 Å². The molecule has 66 valence electrons. The van der Waals surface area contributed by atoms with Crippen molar-refractivity contribution in [1.82, 2.24) is 9.97 Å². The summed E-state index contributed by atoms with van der Waals surface area (Å²) in [5.74, 6) is 0.780. The Kier molecular flexibility index (Phi) is 2.87. The number of halogens is 1. The second-order valence-corrected chi connectivity index (χ2v) is 3.50. The van der Waals surface area contributed by atoms with E-state index in [1.807, 2.05) is 0 Å². The van der Waals surface area contributed by atoms with E-state index in [1.54, 1.807) is 6.20 Å². The number of rotatable bonds is 2. The Morgan fingerprint density at radius 1 is 1.58 bits per heavy atom. The predicted molar refractivity (Wildman–Crippen MR) is 50.0 cm³/mol. The van der Waals surface area contributed by atoms with Crippen molar-refractivity contribution in [1.29, 1.82) is 0 Å². The Labute approximate surface area is 77.0 Å². The molecule has 0 aliphatic rings. The summed E-state index contributed by atoms with van der Waals surface area (Å²) < 4.78 is 0. The molecule has 1 rings (SSSR count). The molecular weight excluding hydrogens is 174 g/mol. The second kappa shape index (κ2) is 3.72. The zero-order chi connectivity index (χ0) is 9.14. The minimum absolute atomic E-state index is 0.229. The minimum atomic E-state index is 0.229. The van der Waals surface area contributed by atoms with E-state index in [2.05, 4.69) is 23.8 Å². The molecule has 0 spiro atoms. The molecular formula is C8H12ClN3. The molecule has 1 aromatic heterocycles. The van der Waals surface area contributed by atoms with Crippen molar-refractivity contribution < 1.29 is 0 Å². The summed E-state index contributed by atoms with van der Waals surface area (Å²) in [6.45, 7) is 4.24. The lowest BCUT2D eigenvalue weighted by molar-refractivity contribution is 0.644. The average molecular weight is 186 g/mol. The van der Waals surface area contributed by atoms with Crippen LogP contribution in [0.15, 0.2) is 6.20 Å². The molecule has 12 heavy (non-hydrogen) atoms. The Hall–Kier alpha value is -0.830. The van der Waals surface area contributed by atoms with Crippen LogP contribution in [0.25, 0.3) is 0 Å². The summed E-state index contributed by atoms with van der Waals surface area (Å²) in [6, 6.07) is 0. The first-order chi connectivity index (χ1) is 5.59. The molecule has 0 saturated heterocycles. The Bertz CT molecular complexity index is 273. The summed E-state index contributed by atoms with van der Waals surface area (Å²) >= 11 is 5.84. The maximum Gasteiger partial charge on any atom is 0.221 e. The number of aromatic nitrogens is 2. The summed E-state index contributed by atoms with van der Waals surface area (Å²) in [7, 11) is 0. The van der Waals surface area contributed by atoms with Crippen LogP contribution in [0.2, 0.25) is 5.15 Å². The molecule has 0 aliphatic heterocycles. The number of hydrogen-bond acceptors (Lipinski definition) is 3. The Morgan fingerprint density at radius 2 is 2.25 bits per heavy atom. The monoisotopic (exact) mass is 185 g/mol. The second-order valence-electron chi connectivity index (χ2n) is 3.14. The van der Waals surface area contributed by atoms with Gasteiger partial charge in [0.05, 0.1) is 0 Å². The lowest BCUT2D eigenvalue weighted by Gasteiger charge is -2.05. The topological polar surface area (TPSA) is 51.8 Å². The van der Waals surface area contributed by atoms with Crippen LogP contribution in [0.4, 0.5) is 5.95 Å². The first-order valence-electron chi connectivity index (χ1n) is 3.86. The van der Waals surface area contributed by atoms with E-state index in [9.17, 15) is 0 Å². The van der Waals surface area contributed by atoms with Crippen molar-refractivity contribution in [2.24, 2.45) is 5.92 Å². The predicted octanol–water partition coefficient (Wildman–Crippen LogP) is 1.91. The zero-order valence-electron chi connectivity index (χ0n) is 7.21. The van der Waals surface area contributed by atoms with Gasteiger partial charge in [-0.3, -0.25) is 0 Å². The van der Waals surface area contributed by atoms with Gasteiger partial charge in [-0.1, -0.05) is 25.4 Å². The quantitative estimate of drug-likeness (QED) is 0.717. The highest BCUT2D eigenvalue weighted by Gasteiger charge is 2.04. The van der Waals surface area contributed by atoms with Crippen molar-refractivity contribution in [2.75, 3.05) is 5.73 Å². The summed E-state index contributed by atoms with van der Waals surface area (Å²) in [6.07, 6.45) is 2.57. The van der Waals surface area contributed by atoms with Gasteiger partial charge in [0.25, 0.3) is 0 Å². The van der Waals surface area contributed by atoms with Crippen LogP contribution in [0.3, 0.4) is 0 Å². The molecule has 1 aromatic rings. The third-order valence-corrected chi connectivity index (χ3v) is 1.79. The molecule has 0 bridgehead atoms. The highest BCUT2D eigenvalue weighted by molar-refractivity contribution is 6.30. The van der Waals surface area contributed by atoms with Crippen LogP contribution in [-0.4, -0.2) is 9.97 Å². The lowest BCUT2D eigenvalue weighted by Crippen LogP contribution is -2.01. The molecule has 0 saturated carbocycles. The third kappa shape index (κ3) is 2.34. The lowest BCUT2D eigenvalue weighted by atomic mass is 10.1. The van der Waals surface area contributed by atoms with Crippen molar-refractivity contribution in [3.05, 3.63) is 16.9 Å². The van der Waals surface area contributed by atoms with Gasteiger partial charge in [-0.2, -0.15) is 0 Å². The summed E-state index contributed by atoms with van der Waals surface area (Å²) in [5, 5.41) is 0.469. The normalized spacial score (nSPS) is 10.7. The zero-order valence-corrected chi connectivity index (χ0v) is 7.97. The number of nitrogens with zero attached hydrogens (tertiary/aromatic N) is 2. The van der Waals surface area contributed by atoms with Crippen molar-refractivity contribution in [2.45, 2.75) is 20.3 Å². The van der Waals surface area contributed by atoms with Gasteiger partial charge in [0.1, 0.15) is 5.15 Å². The molecule has 0 aliphatic carbocycles. The van der Waals surface area contributed by atoms with Gasteiger partial charge in [0, 0.05) is 11.8 Å². The average Bonchev–Trinajstić information content (AvgIpc) is 1.94. The van der Waals surface area contributed by atoms with Crippen molar-refractivity contribution in [3.63, 3.8) is 0 Å². The van der Waals surface area contributed by atoms with Crippen LogP contribution in [0.1, 0.15) is 19.4 Å². The molecule has 2 N–H and O–H groups in total. The minimum Gasteiger partial charge on any atom is -0.368 e.